The number of hydrogen-bond donors (Lipinski definition) is 1. The minimum atomic E-state index is -0.394. The van der Waals surface area contributed by atoms with E-state index in [2.05, 4.69) is 0 Å². The van der Waals surface area contributed by atoms with Gasteiger partial charge in [0.05, 0.1) is 5.69 Å². The van der Waals surface area contributed by atoms with Crippen molar-refractivity contribution in [3.8, 4) is 11.1 Å². The van der Waals surface area contributed by atoms with E-state index >= 15 is 0 Å². The molecule has 0 amide bonds. The number of hydrogen-bond acceptors (Lipinski definition) is 1. The van der Waals surface area contributed by atoms with Crippen LogP contribution in [0.3, 0.4) is 0 Å². The van der Waals surface area contributed by atoms with Crippen LogP contribution in [0.5, 0.6) is 0 Å². The van der Waals surface area contributed by atoms with Crippen molar-refractivity contribution in [1.29, 1.82) is 0 Å². The second-order valence-corrected chi connectivity index (χ2v) is 4.52. The highest BCUT2D eigenvalue weighted by atomic mass is 35.5. The quantitative estimate of drug-likeness (QED) is 0.748. The monoisotopic (exact) mass is 249 g/mol. The van der Waals surface area contributed by atoms with E-state index in [0.29, 0.717) is 10.6 Å². The first-order chi connectivity index (χ1) is 8.00. The molecule has 0 atom stereocenters. The van der Waals surface area contributed by atoms with E-state index < -0.39 is 5.82 Å². The largest absolute Gasteiger partial charge is 0.396 e. The van der Waals surface area contributed by atoms with Crippen LogP contribution in [-0.4, -0.2) is 0 Å². The van der Waals surface area contributed by atoms with E-state index in [9.17, 15) is 4.39 Å². The summed E-state index contributed by atoms with van der Waals surface area (Å²) in [7, 11) is 0. The van der Waals surface area contributed by atoms with Gasteiger partial charge in [0.15, 0.2) is 0 Å². The Morgan fingerprint density at radius 3 is 2.47 bits per heavy atom. The third-order valence-electron chi connectivity index (χ3n) is 2.85. The van der Waals surface area contributed by atoms with Crippen LogP contribution in [0.25, 0.3) is 11.1 Å². The summed E-state index contributed by atoms with van der Waals surface area (Å²) >= 11 is 6.04. The van der Waals surface area contributed by atoms with E-state index in [0.717, 1.165) is 16.7 Å². The Hall–Kier alpha value is -1.54. The molecule has 0 fully saturated rings. The molecule has 0 aliphatic heterocycles. The summed E-state index contributed by atoms with van der Waals surface area (Å²) in [6.07, 6.45) is 0. The molecule has 88 valence electrons. The minimum absolute atomic E-state index is 0.178. The Balaban J connectivity index is 2.69. The molecule has 2 N–H and O–H groups in total. The standard InChI is InChI=1S/C14H13ClFN/c1-8-7-12(15)9(2)6-11(8)10-4-3-5-13(16)14(10)17/h3-7H,17H2,1-2H3. The number of halogens is 2. The molecular weight excluding hydrogens is 237 g/mol. The topological polar surface area (TPSA) is 26.0 Å². The average Bonchev–Trinajstić information content (AvgIpc) is 2.28. The molecule has 0 spiro atoms. The smallest absolute Gasteiger partial charge is 0.146 e. The van der Waals surface area contributed by atoms with Crippen LogP contribution in [-0.2, 0) is 0 Å². The van der Waals surface area contributed by atoms with Crippen LogP contribution >= 0.6 is 11.6 Å². The highest BCUT2D eigenvalue weighted by molar-refractivity contribution is 6.31. The number of anilines is 1. The maximum Gasteiger partial charge on any atom is 0.146 e. The summed E-state index contributed by atoms with van der Waals surface area (Å²) in [6.45, 7) is 3.85. The molecule has 2 rings (SSSR count). The summed E-state index contributed by atoms with van der Waals surface area (Å²) in [5.74, 6) is -0.394. The first-order valence-electron chi connectivity index (χ1n) is 5.32. The first kappa shape index (κ1) is 11.9. The molecule has 0 saturated carbocycles. The van der Waals surface area contributed by atoms with Crippen molar-refractivity contribution in [1.82, 2.24) is 0 Å². The maximum atomic E-state index is 13.4. The fourth-order valence-corrected chi connectivity index (χ4v) is 2.06. The summed E-state index contributed by atoms with van der Waals surface area (Å²) in [4.78, 5) is 0. The molecule has 17 heavy (non-hydrogen) atoms. The number of rotatable bonds is 1. The lowest BCUT2D eigenvalue weighted by Gasteiger charge is -2.11. The van der Waals surface area contributed by atoms with Gasteiger partial charge in [-0.2, -0.15) is 0 Å². The summed E-state index contributed by atoms with van der Waals surface area (Å²) < 4.78 is 13.4. The Morgan fingerprint density at radius 1 is 1.06 bits per heavy atom. The zero-order chi connectivity index (χ0) is 12.6. The van der Waals surface area contributed by atoms with Crippen LogP contribution in [0, 0.1) is 19.7 Å². The van der Waals surface area contributed by atoms with E-state index in [-0.39, 0.29) is 5.69 Å². The van der Waals surface area contributed by atoms with Gasteiger partial charge in [0, 0.05) is 10.6 Å². The number of aryl methyl sites for hydroxylation is 2. The first-order valence-corrected chi connectivity index (χ1v) is 5.69. The number of para-hydroxylation sites is 1. The third kappa shape index (κ3) is 2.13. The zero-order valence-corrected chi connectivity index (χ0v) is 10.5. The molecule has 0 aromatic heterocycles. The number of nitrogens with two attached hydrogens (primary N) is 1. The molecule has 0 radical (unpaired) electrons. The van der Waals surface area contributed by atoms with E-state index in [4.69, 9.17) is 17.3 Å². The van der Waals surface area contributed by atoms with Gasteiger partial charge in [-0.25, -0.2) is 4.39 Å². The molecule has 0 aliphatic carbocycles. The highest BCUT2D eigenvalue weighted by Gasteiger charge is 2.10. The van der Waals surface area contributed by atoms with Crippen molar-refractivity contribution in [2.24, 2.45) is 0 Å². The molecule has 2 aromatic carbocycles. The van der Waals surface area contributed by atoms with Crippen molar-refractivity contribution in [2.45, 2.75) is 13.8 Å². The number of nitrogen functional groups attached to an aromatic ring is 1. The molecular formula is C14H13ClFN. The molecule has 0 heterocycles. The fraction of sp³-hybridized carbons (Fsp3) is 0.143. The Morgan fingerprint density at radius 2 is 1.76 bits per heavy atom. The van der Waals surface area contributed by atoms with Gasteiger partial charge in [0.1, 0.15) is 5.82 Å². The molecule has 2 aromatic rings. The van der Waals surface area contributed by atoms with Gasteiger partial charge in [0.2, 0.25) is 0 Å². The normalized spacial score (nSPS) is 10.6. The van der Waals surface area contributed by atoms with Crippen molar-refractivity contribution < 1.29 is 4.39 Å². The van der Waals surface area contributed by atoms with Crippen molar-refractivity contribution >= 4 is 17.3 Å². The van der Waals surface area contributed by atoms with Gasteiger partial charge >= 0.3 is 0 Å². The van der Waals surface area contributed by atoms with Crippen molar-refractivity contribution in [3.05, 3.63) is 52.3 Å². The van der Waals surface area contributed by atoms with E-state index in [1.807, 2.05) is 32.0 Å². The SMILES string of the molecule is Cc1cc(-c2cccc(F)c2N)c(C)cc1Cl. The van der Waals surface area contributed by atoms with E-state index in [1.165, 1.54) is 6.07 Å². The minimum Gasteiger partial charge on any atom is -0.396 e. The third-order valence-corrected chi connectivity index (χ3v) is 3.26. The Labute approximate surface area is 105 Å². The van der Waals surface area contributed by atoms with E-state index in [1.54, 1.807) is 6.07 Å². The molecule has 0 bridgehead atoms. The molecule has 0 aliphatic rings. The van der Waals surface area contributed by atoms with Gasteiger partial charge in [-0.15, -0.1) is 0 Å². The summed E-state index contributed by atoms with van der Waals surface area (Å²) in [5.41, 5.74) is 9.51. The zero-order valence-electron chi connectivity index (χ0n) is 9.72. The molecule has 3 heteroatoms. The van der Waals surface area contributed by atoms with Gasteiger partial charge in [-0.05, 0) is 48.7 Å². The predicted octanol–water partition coefficient (Wildman–Crippen LogP) is 4.35. The van der Waals surface area contributed by atoms with Gasteiger partial charge in [-0.1, -0.05) is 23.7 Å². The van der Waals surface area contributed by atoms with Crippen LogP contribution < -0.4 is 5.73 Å². The number of benzene rings is 2. The lowest BCUT2D eigenvalue weighted by molar-refractivity contribution is 0.633. The second kappa shape index (κ2) is 4.38. The second-order valence-electron chi connectivity index (χ2n) is 4.12. The van der Waals surface area contributed by atoms with Crippen molar-refractivity contribution in [3.63, 3.8) is 0 Å². The molecule has 1 nitrogen and oxygen atoms in total. The highest BCUT2D eigenvalue weighted by Crippen LogP contribution is 2.33. The lowest BCUT2D eigenvalue weighted by Crippen LogP contribution is -1.96. The van der Waals surface area contributed by atoms with Gasteiger partial charge < -0.3 is 5.73 Å². The summed E-state index contributed by atoms with van der Waals surface area (Å²) in [6, 6.07) is 8.63. The van der Waals surface area contributed by atoms with Crippen LogP contribution in [0.4, 0.5) is 10.1 Å². The van der Waals surface area contributed by atoms with Gasteiger partial charge in [0.25, 0.3) is 0 Å². The van der Waals surface area contributed by atoms with Crippen LogP contribution in [0.2, 0.25) is 5.02 Å². The van der Waals surface area contributed by atoms with Crippen LogP contribution in [0.1, 0.15) is 11.1 Å². The Kier molecular flexibility index (Phi) is 3.07. The fourth-order valence-electron chi connectivity index (χ4n) is 1.84. The lowest BCUT2D eigenvalue weighted by atomic mass is 9.97. The van der Waals surface area contributed by atoms with Crippen LogP contribution in [0.15, 0.2) is 30.3 Å². The predicted molar refractivity (Wildman–Crippen MR) is 70.7 cm³/mol. The maximum absolute atomic E-state index is 13.4. The van der Waals surface area contributed by atoms with Gasteiger partial charge in [-0.3, -0.25) is 0 Å². The van der Waals surface area contributed by atoms with Crippen molar-refractivity contribution in [2.75, 3.05) is 5.73 Å². The summed E-state index contributed by atoms with van der Waals surface area (Å²) in [5, 5.41) is 0.709. The molecule has 0 saturated heterocycles. The Bertz CT molecular complexity index is 579. The average molecular weight is 250 g/mol. The molecule has 0 unspecified atom stereocenters.